The molecule has 2 aliphatic heterocycles. The standard InChI is InChI=1S/C16H23N3O2/c20-15-14(2-1-7-18-15)16(21)19-10-5-13(6-11-19)12-3-8-17-9-4-12/h1-2,7,12-13,17H,3-6,8-11H2,(H,18,20). The van der Waals surface area contributed by atoms with E-state index in [1.807, 2.05) is 4.90 Å². The van der Waals surface area contributed by atoms with Gasteiger partial charge in [-0.05, 0) is 62.7 Å². The first-order valence-corrected chi connectivity index (χ1v) is 7.93. The van der Waals surface area contributed by atoms with Crippen molar-refractivity contribution in [3.8, 4) is 0 Å². The molecule has 2 saturated heterocycles. The molecular weight excluding hydrogens is 266 g/mol. The van der Waals surface area contributed by atoms with Crippen LogP contribution in [-0.2, 0) is 0 Å². The summed E-state index contributed by atoms with van der Waals surface area (Å²) in [4.78, 5) is 28.5. The Kier molecular flexibility index (Phi) is 4.39. The monoisotopic (exact) mass is 289 g/mol. The normalized spacial score (nSPS) is 21.4. The molecule has 0 aromatic carbocycles. The van der Waals surface area contributed by atoms with E-state index >= 15 is 0 Å². The lowest BCUT2D eigenvalue weighted by atomic mass is 9.79. The molecular formula is C16H23N3O2. The molecule has 0 saturated carbocycles. The Hall–Kier alpha value is -1.62. The number of aromatic nitrogens is 1. The van der Waals surface area contributed by atoms with Crippen LogP contribution in [-0.4, -0.2) is 42.0 Å². The van der Waals surface area contributed by atoms with Gasteiger partial charge in [-0.2, -0.15) is 0 Å². The van der Waals surface area contributed by atoms with Crippen molar-refractivity contribution in [2.45, 2.75) is 25.7 Å². The maximum atomic E-state index is 12.4. The summed E-state index contributed by atoms with van der Waals surface area (Å²) in [5, 5.41) is 3.41. The van der Waals surface area contributed by atoms with Gasteiger partial charge in [0, 0.05) is 19.3 Å². The second-order valence-corrected chi connectivity index (χ2v) is 6.13. The molecule has 2 fully saturated rings. The van der Waals surface area contributed by atoms with Crippen LogP contribution in [0.5, 0.6) is 0 Å². The quantitative estimate of drug-likeness (QED) is 0.860. The molecule has 114 valence electrons. The Morgan fingerprint density at radius 2 is 1.76 bits per heavy atom. The van der Waals surface area contributed by atoms with Gasteiger partial charge in [0.05, 0.1) is 0 Å². The highest BCUT2D eigenvalue weighted by molar-refractivity contribution is 5.93. The molecule has 5 heteroatoms. The zero-order chi connectivity index (χ0) is 14.7. The van der Waals surface area contributed by atoms with Crippen LogP contribution in [0.1, 0.15) is 36.0 Å². The van der Waals surface area contributed by atoms with Crippen molar-refractivity contribution < 1.29 is 4.79 Å². The lowest BCUT2D eigenvalue weighted by Crippen LogP contribution is -2.43. The first-order chi connectivity index (χ1) is 10.3. The third kappa shape index (κ3) is 3.18. The molecule has 0 aliphatic carbocycles. The van der Waals surface area contributed by atoms with E-state index in [2.05, 4.69) is 10.3 Å². The lowest BCUT2D eigenvalue weighted by molar-refractivity contribution is 0.0640. The van der Waals surface area contributed by atoms with E-state index in [-0.39, 0.29) is 17.0 Å². The number of piperidine rings is 2. The fraction of sp³-hybridized carbons (Fsp3) is 0.625. The molecule has 0 atom stereocenters. The lowest BCUT2D eigenvalue weighted by Gasteiger charge is -2.37. The van der Waals surface area contributed by atoms with E-state index in [0.29, 0.717) is 0 Å². The van der Waals surface area contributed by atoms with Gasteiger partial charge in [0.2, 0.25) is 0 Å². The molecule has 1 amide bonds. The van der Waals surface area contributed by atoms with Crippen molar-refractivity contribution >= 4 is 5.91 Å². The third-order valence-corrected chi connectivity index (χ3v) is 4.93. The molecule has 3 heterocycles. The average Bonchev–Trinajstić information content (AvgIpc) is 2.56. The smallest absolute Gasteiger partial charge is 0.260 e. The van der Waals surface area contributed by atoms with Crippen molar-refractivity contribution in [2.75, 3.05) is 26.2 Å². The summed E-state index contributed by atoms with van der Waals surface area (Å²) in [7, 11) is 0. The molecule has 0 radical (unpaired) electrons. The minimum atomic E-state index is -0.289. The largest absolute Gasteiger partial charge is 0.338 e. The number of nitrogens with one attached hydrogen (secondary N) is 2. The summed E-state index contributed by atoms with van der Waals surface area (Å²) in [6.45, 7) is 3.82. The Morgan fingerprint density at radius 3 is 2.43 bits per heavy atom. The maximum Gasteiger partial charge on any atom is 0.260 e. The van der Waals surface area contributed by atoms with Crippen LogP contribution >= 0.6 is 0 Å². The topological polar surface area (TPSA) is 65.2 Å². The molecule has 5 nitrogen and oxygen atoms in total. The van der Waals surface area contributed by atoms with Crippen LogP contribution in [0.15, 0.2) is 23.1 Å². The number of nitrogens with zero attached hydrogens (tertiary/aromatic N) is 1. The van der Waals surface area contributed by atoms with E-state index in [4.69, 9.17) is 0 Å². The van der Waals surface area contributed by atoms with Crippen LogP contribution in [0.2, 0.25) is 0 Å². The van der Waals surface area contributed by atoms with Gasteiger partial charge in [-0.25, -0.2) is 0 Å². The fourth-order valence-corrected chi connectivity index (χ4v) is 3.65. The summed E-state index contributed by atoms with van der Waals surface area (Å²) in [5.74, 6) is 1.43. The van der Waals surface area contributed by atoms with Crippen LogP contribution in [0.3, 0.4) is 0 Å². The van der Waals surface area contributed by atoms with Gasteiger partial charge in [-0.15, -0.1) is 0 Å². The summed E-state index contributed by atoms with van der Waals surface area (Å²) in [6.07, 6.45) is 6.22. The van der Waals surface area contributed by atoms with Gasteiger partial charge in [0.1, 0.15) is 5.56 Å². The van der Waals surface area contributed by atoms with E-state index in [1.165, 1.54) is 12.8 Å². The summed E-state index contributed by atoms with van der Waals surface area (Å²) in [6, 6.07) is 3.32. The minimum Gasteiger partial charge on any atom is -0.338 e. The second-order valence-electron chi connectivity index (χ2n) is 6.13. The zero-order valence-corrected chi connectivity index (χ0v) is 12.3. The van der Waals surface area contributed by atoms with Crippen molar-refractivity contribution in [1.82, 2.24) is 15.2 Å². The van der Waals surface area contributed by atoms with Crippen LogP contribution in [0.25, 0.3) is 0 Å². The van der Waals surface area contributed by atoms with Gasteiger partial charge in [-0.3, -0.25) is 9.59 Å². The Balaban J connectivity index is 1.59. The third-order valence-electron chi connectivity index (χ3n) is 4.93. The fourth-order valence-electron chi connectivity index (χ4n) is 3.65. The number of carbonyl (C=O) groups is 1. The van der Waals surface area contributed by atoms with Crippen LogP contribution in [0.4, 0.5) is 0 Å². The molecule has 1 aromatic rings. The van der Waals surface area contributed by atoms with Crippen LogP contribution < -0.4 is 10.9 Å². The number of hydrogen-bond donors (Lipinski definition) is 2. The number of pyridine rings is 1. The van der Waals surface area contributed by atoms with Crippen molar-refractivity contribution in [3.05, 3.63) is 34.2 Å². The van der Waals surface area contributed by atoms with E-state index in [0.717, 1.165) is 50.9 Å². The molecule has 3 rings (SSSR count). The molecule has 0 bridgehead atoms. The highest BCUT2D eigenvalue weighted by atomic mass is 16.2. The maximum absolute atomic E-state index is 12.4. The van der Waals surface area contributed by atoms with Crippen LogP contribution in [0, 0.1) is 11.8 Å². The first-order valence-electron chi connectivity index (χ1n) is 7.93. The van der Waals surface area contributed by atoms with E-state index in [9.17, 15) is 9.59 Å². The van der Waals surface area contributed by atoms with E-state index < -0.39 is 0 Å². The van der Waals surface area contributed by atoms with Gasteiger partial charge in [0.15, 0.2) is 0 Å². The Labute approximate surface area is 124 Å². The number of amides is 1. The first kappa shape index (κ1) is 14.3. The Morgan fingerprint density at radius 1 is 1.10 bits per heavy atom. The van der Waals surface area contributed by atoms with E-state index in [1.54, 1.807) is 18.3 Å². The molecule has 1 aromatic heterocycles. The van der Waals surface area contributed by atoms with Gasteiger partial charge < -0.3 is 15.2 Å². The minimum absolute atomic E-state index is 0.124. The number of hydrogen-bond acceptors (Lipinski definition) is 3. The molecule has 2 N–H and O–H groups in total. The molecule has 2 aliphatic rings. The predicted octanol–water partition coefficient (Wildman–Crippen LogP) is 1.23. The van der Waals surface area contributed by atoms with Crippen molar-refractivity contribution in [2.24, 2.45) is 11.8 Å². The highest BCUT2D eigenvalue weighted by Crippen LogP contribution is 2.30. The van der Waals surface area contributed by atoms with Crippen molar-refractivity contribution in [1.29, 1.82) is 0 Å². The number of aromatic amines is 1. The highest BCUT2D eigenvalue weighted by Gasteiger charge is 2.30. The number of H-pyrrole nitrogens is 1. The molecule has 0 spiro atoms. The average molecular weight is 289 g/mol. The Bertz CT molecular complexity index is 540. The summed E-state index contributed by atoms with van der Waals surface area (Å²) < 4.78 is 0. The second kappa shape index (κ2) is 6.43. The van der Waals surface area contributed by atoms with Gasteiger partial charge in [-0.1, -0.05) is 0 Å². The molecule has 0 unspecified atom stereocenters. The number of carbonyl (C=O) groups excluding carboxylic acids is 1. The number of likely N-dealkylation sites (tertiary alicyclic amines) is 1. The summed E-state index contributed by atoms with van der Waals surface area (Å²) >= 11 is 0. The zero-order valence-electron chi connectivity index (χ0n) is 12.3. The van der Waals surface area contributed by atoms with Crippen molar-refractivity contribution in [3.63, 3.8) is 0 Å². The SMILES string of the molecule is O=C(c1ccc[nH]c1=O)N1CCC(C2CCNCC2)CC1. The van der Waals surface area contributed by atoms with Gasteiger partial charge >= 0.3 is 0 Å². The van der Waals surface area contributed by atoms with Gasteiger partial charge in [0.25, 0.3) is 11.5 Å². The molecule has 21 heavy (non-hydrogen) atoms. The summed E-state index contributed by atoms with van der Waals surface area (Å²) in [5.41, 5.74) is -0.0270. The predicted molar refractivity (Wildman–Crippen MR) is 81.3 cm³/mol. The number of rotatable bonds is 2.